The first-order valence-electron chi connectivity index (χ1n) is 8.84. The number of rotatable bonds is 4. The van der Waals surface area contributed by atoms with E-state index in [0.29, 0.717) is 0 Å². The van der Waals surface area contributed by atoms with Crippen molar-refractivity contribution in [3.63, 3.8) is 0 Å². The molecule has 1 N–H and O–H groups in total. The highest BCUT2D eigenvalue weighted by molar-refractivity contribution is 6.22. The maximum atomic E-state index is 14.1. The van der Waals surface area contributed by atoms with Crippen LogP contribution in [-0.4, -0.2) is 42.3 Å². The molecule has 3 amide bonds. The van der Waals surface area contributed by atoms with E-state index in [1.807, 2.05) is 0 Å². The molecule has 27 heavy (non-hydrogen) atoms. The highest BCUT2D eigenvalue weighted by Gasteiger charge is 2.36. The molecule has 0 spiro atoms. The van der Waals surface area contributed by atoms with Gasteiger partial charge < -0.3 is 10.2 Å². The number of imide groups is 1. The molecule has 0 unspecified atom stereocenters. The molecule has 2 aliphatic heterocycles. The third-order valence-electron chi connectivity index (χ3n) is 4.88. The molecule has 2 aromatic rings. The molecule has 2 aliphatic rings. The lowest BCUT2D eigenvalue weighted by molar-refractivity contribution is -0.116. The van der Waals surface area contributed by atoms with Crippen molar-refractivity contribution in [3.8, 4) is 0 Å². The molecular formula is C20H18FN3O3. The van der Waals surface area contributed by atoms with Crippen molar-refractivity contribution in [2.24, 2.45) is 0 Å². The van der Waals surface area contributed by atoms with Crippen LogP contribution in [0.3, 0.4) is 0 Å². The van der Waals surface area contributed by atoms with E-state index in [0.717, 1.165) is 36.5 Å². The fourth-order valence-corrected chi connectivity index (χ4v) is 3.50. The van der Waals surface area contributed by atoms with Crippen LogP contribution in [0.2, 0.25) is 0 Å². The van der Waals surface area contributed by atoms with E-state index in [-0.39, 0.29) is 16.8 Å². The summed E-state index contributed by atoms with van der Waals surface area (Å²) in [5.74, 6) is -2.22. The summed E-state index contributed by atoms with van der Waals surface area (Å²) in [7, 11) is 0. The van der Waals surface area contributed by atoms with Gasteiger partial charge in [0.05, 0.1) is 16.8 Å². The Bertz CT molecular complexity index is 903. The van der Waals surface area contributed by atoms with Crippen LogP contribution in [0.4, 0.5) is 15.8 Å². The zero-order chi connectivity index (χ0) is 19.0. The van der Waals surface area contributed by atoms with Crippen molar-refractivity contribution in [2.45, 2.75) is 12.8 Å². The SMILES string of the molecule is O=C(CN1C(=O)c2ccccc2C1=O)Nc1cc(N2CCCC2)ccc1F. The zero-order valence-electron chi connectivity index (χ0n) is 14.6. The summed E-state index contributed by atoms with van der Waals surface area (Å²) in [6.45, 7) is 1.34. The molecule has 138 valence electrons. The second kappa shape index (κ2) is 6.83. The molecule has 0 aliphatic carbocycles. The van der Waals surface area contributed by atoms with Crippen molar-refractivity contribution >= 4 is 29.1 Å². The molecule has 0 atom stereocenters. The summed E-state index contributed by atoms with van der Waals surface area (Å²) in [5, 5.41) is 2.48. The smallest absolute Gasteiger partial charge is 0.262 e. The van der Waals surface area contributed by atoms with Gasteiger partial charge in [-0.3, -0.25) is 19.3 Å². The van der Waals surface area contributed by atoms with Crippen molar-refractivity contribution in [3.05, 3.63) is 59.4 Å². The summed E-state index contributed by atoms with van der Waals surface area (Å²) in [6.07, 6.45) is 2.16. The van der Waals surface area contributed by atoms with E-state index in [1.54, 1.807) is 36.4 Å². The van der Waals surface area contributed by atoms with Crippen molar-refractivity contribution in [2.75, 3.05) is 29.9 Å². The van der Waals surface area contributed by atoms with Gasteiger partial charge >= 0.3 is 0 Å². The lowest BCUT2D eigenvalue weighted by atomic mass is 10.1. The van der Waals surface area contributed by atoms with Crippen molar-refractivity contribution < 1.29 is 18.8 Å². The van der Waals surface area contributed by atoms with E-state index in [9.17, 15) is 18.8 Å². The quantitative estimate of drug-likeness (QED) is 0.844. The molecule has 0 radical (unpaired) electrons. The summed E-state index contributed by atoms with van der Waals surface area (Å²) in [6, 6.07) is 11.0. The van der Waals surface area contributed by atoms with Crippen LogP contribution in [0.5, 0.6) is 0 Å². The van der Waals surface area contributed by atoms with Crippen LogP contribution < -0.4 is 10.2 Å². The molecule has 0 bridgehead atoms. The van der Waals surface area contributed by atoms with Crippen LogP contribution in [0, 0.1) is 5.82 Å². The fraction of sp³-hybridized carbons (Fsp3) is 0.250. The normalized spacial score (nSPS) is 16.0. The van der Waals surface area contributed by atoms with E-state index in [4.69, 9.17) is 0 Å². The maximum Gasteiger partial charge on any atom is 0.262 e. The second-order valence-electron chi connectivity index (χ2n) is 6.65. The summed E-state index contributed by atoms with van der Waals surface area (Å²) in [4.78, 5) is 40.0. The number of hydrogen-bond acceptors (Lipinski definition) is 4. The Morgan fingerprint density at radius 2 is 1.63 bits per heavy atom. The number of nitrogens with zero attached hydrogens (tertiary/aromatic N) is 2. The van der Waals surface area contributed by atoms with Gasteiger partial charge in [0.1, 0.15) is 12.4 Å². The minimum absolute atomic E-state index is 0.0426. The Hall–Kier alpha value is -3.22. The Morgan fingerprint density at radius 1 is 1.00 bits per heavy atom. The topological polar surface area (TPSA) is 69.7 Å². The van der Waals surface area contributed by atoms with Crippen molar-refractivity contribution in [1.82, 2.24) is 4.90 Å². The molecule has 1 fully saturated rings. The van der Waals surface area contributed by atoms with E-state index in [2.05, 4.69) is 10.2 Å². The molecule has 6 nitrogen and oxygen atoms in total. The Kier molecular flexibility index (Phi) is 4.35. The molecule has 4 rings (SSSR count). The predicted octanol–water partition coefficient (Wildman–Crippen LogP) is 2.66. The second-order valence-corrected chi connectivity index (χ2v) is 6.65. The monoisotopic (exact) mass is 367 g/mol. The number of hydrogen-bond donors (Lipinski definition) is 1. The number of anilines is 2. The largest absolute Gasteiger partial charge is 0.371 e. The van der Waals surface area contributed by atoms with Crippen LogP contribution in [0.15, 0.2) is 42.5 Å². The van der Waals surface area contributed by atoms with Gasteiger partial charge in [-0.25, -0.2) is 4.39 Å². The first-order valence-corrected chi connectivity index (χ1v) is 8.84. The molecule has 0 saturated carbocycles. The minimum Gasteiger partial charge on any atom is -0.371 e. The molecule has 0 aromatic heterocycles. The lowest BCUT2D eigenvalue weighted by Gasteiger charge is -2.19. The highest BCUT2D eigenvalue weighted by Crippen LogP contribution is 2.26. The van der Waals surface area contributed by atoms with Crippen LogP contribution in [0.1, 0.15) is 33.6 Å². The molecule has 1 saturated heterocycles. The maximum absolute atomic E-state index is 14.1. The van der Waals surface area contributed by atoms with Crippen molar-refractivity contribution in [1.29, 1.82) is 0 Å². The number of carbonyl (C=O) groups is 3. The molecular weight excluding hydrogens is 349 g/mol. The highest BCUT2D eigenvalue weighted by atomic mass is 19.1. The average molecular weight is 367 g/mol. The minimum atomic E-state index is -0.623. The Morgan fingerprint density at radius 3 is 2.26 bits per heavy atom. The van der Waals surface area contributed by atoms with Crippen LogP contribution in [-0.2, 0) is 4.79 Å². The van der Waals surface area contributed by atoms with Gasteiger partial charge in [0.25, 0.3) is 11.8 Å². The Labute approximate surface area is 155 Å². The predicted molar refractivity (Wildman–Crippen MR) is 98.3 cm³/mol. The standard InChI is InChI=1S/C20H18FN3O3/c21-16-8-7-13(23-9-3-4-10-23)11-17(16)22-18(25)12-24-19(26)14-5-1-2-6-15(14)20(24)27/h1-2,5-8,11H,3-4,9-10,12H2,(H,22,25). The van der Waals surface area contributed by atoms with E-state index in [1.165, 1.54) is 6.07 Å². The number of fused-ring (bicyclic) bond motifs is 1. The number of benzene rings is 2. The third-order valence-corrected chi connectivity index (χ3v) is 4.88. The first-order chi connectivity index (χ1) is 13.0. The molecule has 2 heterocycles. The number of nitrogens with one attached hydrogen (secondary N) is 1. The lowest BCUT2D eigenvalue weighted by Crippen LogP contribution is -2.37. The number of amides is 3. The van der Waals surface area contributed by atoms with Gasteiger partial charge in [-0.2, -0.15) is 0 Å². The van der Waals surface area contributed by atoms with Gasteiger partial charge in [-0.1, -0.05) is 12.1 Å². The average Bonchev–Trinajstić information content (AvgIpc) is 3.28. The summed E-state index contributed by atoms with van der Waals surface area (Å²) < 4.78 is 14.1. The van der Waals surface area contributed by atoms with Gasteiger partial charge in [-0.15, -0.1) is 0 Å². The summed E-state index contributed by atoms with van der Waals surface area (Å²) in [5.41, 5.74) is 1.43. The fourth-order valence-electron chi connectivity index (χ4n) is 3.50. The first kappa shape index (κ1) is 17.2. The molecule has 2 aromatic carbocycles. The van der Waals surface area contributed by atoms with E-state index < -0.39 is 30.1 Å². The zero-order valence-corrected chi connectivity index (χ0v) is 14.6. The van der Waals surface area contributed by atoms with Gasteiger partial charge in [0, 0.05) is 18.8 Å². The third kappa shape index (κ3) is 3.16. The summed E-state index contributed by atoms with van der Waals surface area (Å²) >= 11 is 0. The van der Waals surface area contributed by atoms with E-state index >= 15 is 0 Å². The molecule has 7 heteroatoms. The number of carbonyl (C=O) groups excluding carboxylic acids is 3. The van der Waals surface area contributed by atoms with Crippen LogP contribution >= 0.6 is 0 Å². The Balaban J connectivity index is 1.48. The van der Waals surface area contributed by atoms with Crippen LogP contribution in [0.25, 0.3) is 0 Å². The van der Waals surface area contributed by atoms with Gasteiger partial charge in [-0.05, 0) is 43.2 Å². The number of halogens is 1. The van der Waals surface area contributed by atoms with Gasteiger partial charge in [0.2, 0.25) is 5.91 Å². The van der Waals surface area contributed by atoms with Gasteiger partial charge in [0.15, 0.2) is 0 Å².